The second kappa shape index (κ2) is 13.1. The Bertz CT molecular complexity index is 1350. The number of likely N-dealkylation sites (N-methyl/N-ethyl adjacent to an activating group) is 2. The van der Waals surface area contributed by atoms with Crippen LogP contribution in [0.1, 0.15) is 22.3 Å². The Balaban J connectivity index is 1.87. The number of nitrogens with zero attached hydrogens (tertiary/aromatic N) is 2. The van der Waals surface area contributed by atoms with Crippen molar-refractivity contribution < 1.29 is 29.0 Å². The van der Waals surface area contributed by atoms with Crippen LogP contribution in [0, 0.1) is 12.7 Å². The molecule has 0 saturated carbocycles. The van der Waals surface area contributed by atoms with Gasteiger partial charge in [-0.15, -0.1) is 0 Å². The topological polar surface area (TPSA) is 150 Å². The minimum absolute atomic E-state index is 0.0486. The van der Waals surface area contributed by atoms with Gasteiger partial charge in [-0.2, -0.15) is 0 Å². The van der Waals surface area contributed by atoms with Crippen molar-refractivity contribution in [3.63, 3.8) is 0 Å². The number of hydrogen-bond acceptors (Lipinski definition) is 6. The molecule has 40 heavy (non-hydrogen) atoms. The zero-order valence-electron chi connectivity index (χ0n) is 22.8. The molecule has 0 spiro atoms. The van der Waals surface area contributed by atoms with E-state index in [9.17, 15) is 29.0 Å². The van der Waals surface area contributed by atoms with Gasteiger partial charge in [0.05, 0.1) is 6.04 Å². The minimum Gasteiger partial charge on any atom is -0.508 e. The maximum absolute atomic E-state index is 13.9. The molecule has 3 rings (SSSR count). The summed E-state index contributed by atoms with van der Waals surface area (Å²) < 4.78 is 13.3. The molecular weight excluding hydrogens is 515 g/mol. The highest BCUT2D eigenvalue weighted by molar-refractivity contribution is 5.93. The van der Waals surface area contributed by atoms with Crippen LogP contribution in [0.25, 0.3) is 0 Å². The van der Waals surface area contributed by atoms with Crippen molar-refractivity contribution in [2.75, 3.05) is 14.1 Å². The van der Waals surface area contributed by atoms with Crippen LogP contribution in [-0.4, -0.2) is 70.0 Å². The number of nitrogens with two attached hydrogens (primary N) is 2. The molecular formula is C30H35FN4O5. The molecule has 3 aromatic carbocycles. The number of primary amides is 1. The average molecular weight is 551 g/mol. The van der Waals surface area contributed by atoms with E-state index in [2.05, 4.69) is 0 Å². The van der Waals surface area contributed by atoms with E-state index in [0.29, 0.717) is 22.3 Å². The highest BCUT2D eigenvalue weighted by Crippen LogP contribution is 2.21. The predicted molar refractivity (Wildman–Crippen MR) is 149 cm³/mol. The van der Waals surface area contributed by atoms with E-state index in [1.165, 1.54) is 66.4 Å². The highest BCUT2D eigenvalue weighted by Gasteiger charge is 2.35. The van der Waals surface area contributed by atoms with Crippen molar-refractivity contribution in [2.24, 2.45) is 11.5 Å². The first kappa shape index (κ1) is 30.1. The van der Waals surface area contributed by atoms with Crippen molar-refractivity contribution in [2.45, 2.75) is 44.3 Å². The van der Waals surface area contributed by atoms with E-state index in [4.69, 9.17) is 11.5 Å². The van der Waals surface area contributed by atoms with Gasteiger partial charge in [-0.3, -0.25) is 14.4 Å². The standard InChI is InChI=1S/C30H35FN4O5/c1-18-14-21(8-13-27(18)37)17-25(28(33)38)34(2)30(40)26(16-20-6-11-23(36)12-7-20)35(3)29(39)24(32)15-19-4-9-22(31)10-5-19/h4-14,24-26,36-37H,15-17,32H2,1-3H3,(H2,33,38)/t24-,25-,26+/m0/s1. The Labute approximate surface area is 232 Å². The minimum atomic E-state index is -1.05. The van der Waals surface area contributed by atoms with Crippen molar-refractivity contribution >= 4 is 17.7 Å². The molecule has 10 heteroatoms. The number of hydrogen-bond donors (Lipinski definition) is 4. The molecule has 0 saturated heterocycles. The van der Waals surface area contributed by atoms with Gasteiger partial charge in [0.1, 0.15) is 29.4 Å². The number of phenols is 2. The van der Waals surface area contributed by atoms with Crippen molar-refractivity contribution in [1.29, 1.82) is 0 Å². The fourth-order valence-corrected chi connectivity index (χ4v) is 4.51. The number of aromatic hydroxyl groups is 2. The van der Waals surface area contributed by atoms with E-state index in [1.54, 1.807) is 31.2 Å². The summed E-state index contributed by atoms with van der Waals surface area (Å²) in [7, 11) is 2.91. The second-order valence-corrected chi connectivity index (χ2v) is 9.96. The molecule has 0 aliphatic rings. The van der Waals surface area contributed by atoms with Gasteiger partial charge >= 0.3 is 0 Å². The van der Waals surface area contributed by atoms with Gasteiger partial charge in [-0.05, 0) is 65.9 Å². The molecule has 3 atom stereocenters. The number of phenolic OH excluding ortho intramolecular Hbond substituents is 2. The third-order valence-electron chi connectivity index (χ3n) is 6.99. The largest absolute Gasteiger partial charge is 0.508 e. The van der Waals surface area contributed by atoms with E-state index >= 15 is 0 Å². The number of amides is 3. The first-order valence-electron chi connectivity index (χ1n) is 12.8. The van der Waals surface area contributed by atoms with Crippen LogP contribution in [0.4, 0.5) is 4.39 Å². The summed E-state index contributed by atoms with van der Waals surface area (Å²) in [4.78, 5) is 42.2. The summed E-state index contributed by atoms with van der Waals surface area (Å²) in [6.45, 7) is 1.72. The number of carbonyl (C=O) groups is 3. The molecule has 0 heterocycles. The maximum atomic E-state index is 13.9. The van der Waals surface area contributed by atoms with E-state index in [1.807, 2.05) is 0 Å². The van der Waals surface area contributed by atoms with Crippen molar-refractivity contribution in [3.05, 3.63) is 94.8 Å². The van der Waals surface area contributed by atoms with Gasteiger partial charge in [-0.25, -0.2) is 4.39 Å². The Hall–Kier alpha value is -4.44. The van der Waals surface area contributed by atoms with Gasteiger partial charge in [-0.1, -0.05) is 36.4 Å². The summed E-state index contributed by atoms with van der Waals surface area (Å²) in [6.07, 6.45) is 0.314. The van der Waals surface area contributed by atoms with Crippen LogP contribution < -0.4 is 11.5 Å². The second-order valence-electron chi connectivity index (χ2n) is 9.96. The average Bonchev–Trinajstić information content (AvgIpc) is 2.92. The quantitative estimate of drug-likeness (QED) is 0.287. The molecule has 3 amide bonds. The molecule has 0 aliphatic heterocycles. The Morgan fingerprint density at radius 3 is 1.85 bits per heavy atom. The number of carbonyl (C=O) groups excluding carboxylic acids is 3. The fraction of sp³-hybridized carbons (Fsp3) is 0.300. The highest BCUT2D eigenvalue weighted by atomic mass is 19.1. The third-order valence-corrected chi connectivity index (χ3v) is 6.99. The molecule has 0 aromatic heterocycles. The van der Waals surface area contributed by atoms with Gasteiger partial charge in [0.25, 0.3) is 0 Å². The zero-order valence-corrected chi connectivity index (χ0v) is 22.8. The SMILES string of the molecule is Cc1cc(C[C@@H](C(N)=O)N(C)C(=O)[C@@H](Cc2ccc(O)cc2)N(C)C(=O)[C@@H](N)Cc2ccc(F)cc2)ccc1O. The van der Waals surface area contributed by atoms with E-state index < -0.39 is 41.7 Å². The third kappa shape index (κ3) is 7.57. The first-order valence-corrected chi connectivity index (χ1v) is 12.8. The summed E-state index contributed by atoms with van der Waals surface area (Å²) >= 11 is 0. The Morgan fingerprint density at radius 1 is 0.775 bits per heavy atom. The lowest BCUT2D eigenvalue weighted by Crippen LogP contribution is -2.57. The number of aryl methyl sites for hydroxylation is 1. The van der Waals surface area contributed by atoms with Crippen LogP contribution in [0.5, 0.6) is 11.5 Å². The van der Waals surface area contributed by atoms with Crippen molar-refractivity contribution in [1.82, 2.24) is 9.80 Å². The van der Waals surface area contributed by atoms with Crippen LogP contribution in [0.3, 0.4) is 0 Å². The van der Waals surface area contributed by atoms with Gasteiger partial charge in [0.15, 0.2) is 0 Å². The van der Waals surface area contributed by atoms with E-state index in [-0.39, 0.29) is 30.8 Å². The molecule has 0 bridgehead atoms. The lowest BCUT2D eigenvalue weighted by atomic mass is 9.98. The molecule has 6 N–H and O–H groups in total. The fourth-order valence-electron chi connectivity index (χ4n) is 4.51. The number of rotatable bonds is 11. The molecule has 0 aliphatic carbocycles. The molecule has 212 valence electrons. The van der Waals surface area contributed by atoms with Crippen LogP contribution in [0.15, 0.2) is 66.7 Å². The van der Waals surface area contributed by atoms with Crippen LogP contribution in [0.2, 0.25) is 0 Å². The Morgan fingerprint density at radius 2 is 1.27 bits per heavy atom. The molecule has 3 aromatic rings. The predicted octanol–water partition coefficient (Wildman–Crippen LogP) is 2.04. The normalized spacial score (nSPS) is 13.2. The first-order chi connectivity index (χ1) is 18.9. The molecule has 0 fully saturated rings. The molecule has 0 unspecified atom stereocenters. The lowest BCUT2D eigenvalue weighted by molar-refractivity contribution is -0.147. The van der Waals surface area contributed by atoms with Gasteiger partial charge < -0.3 is 31.5 Å². The summed E-state index contributed by atoms with van der Waals surface area (Å²) in [6, 6.07) is 13.6. The Kier molecular flexibility index (Phi) is 9.84. The van der Waals surface area contributed by atoms with Crippen molar-refractivity contribution in [3.8, 4) is 11.5 Å². The zero-order chi connectivity index (χ0) is 29.6. The number of halogens is 1. The molecule has 9 nitrogen and oxygen atoms in total. The molecule has 0 radical (unpaired) electrons. The lowest BCUT2D eigenvalue weighted by Gasteiger charge is -2.35. The van der Waals surface area contributed by atoms with Crippen LogP contribution in [-0.2, 0) is 33.6 Å². The van der Waals surface area contributed by atoms with E-state index in [0.717, 1.165) is 0 Å². The smallest absolute Gasteiger partial charge is 0.246 e. The maximum Gasteiger partial charge on any atom is 0.246 e. The van der Waals surface area contributed by atoms with Crippen LogP contribution >= 0.6 is 0 Å². The monoisotopic (exact) mass is 550 g/mol. The summed E-state index contributed by atoms with van der Waals surface area (Å²) in [5.41, 5.74) is 14.6. The summed E-state index contributed by atoms with van der Waals surface area (Å²) in [5.74, 6) is -2.03. The summed E-state index contributed by atoms with van der Waals surface area (Å²) in [5, 5.41) is 19.5. The van der Waals surface area contributed by atoms with Gasteiger partial charge in [0, 0.05) is 26.9 Å². The van der Waals surface area contributed by atoms with Gasteiger partial charge in [0.2, 0.25) is 17.7 Å². The number of benzene rings is 3.